The van der Waals surface area contributed by atoms with E-state index in [1.807, 2.05) is 6.07 Å². The molecule has 106 valence electrons. The van der Waals surface area contributed by atoms with Crippen LogP contribution in [-0.4, -0.2) is 37.5 Å². The number of carbonyl (C=O) groups is 1. The molecular weight excluding hydrogens is 332 g/mol. The highest BCUT2D eigenvalue weighted by Crippen LogP contribution is 2.21. The van der Waals surface area contributed by atoms with Crippen molar-refractivity contribution in [1.29, 1.82) is 0 Å². The summed E-state index contributed by atoms with van der Waals surface area (Å²) in [6.07, 6.45) is 1.10. The summed E-state index contributed by atoms with van der Waals surface area (Å²) >= 11 is 3.31. The molecule has 0 aromatic heterocycles. The number of sulfonamides is 1. The molecule has 0 bridgehead atoms. The number of para-hydroxylation sites is 1. The topological polar surface area (TPSA) is 66.5 Å². The van der Waals surface area contributed by atoms with Crippen molar-refractivity contribution in [2.24, 2.45) is 0 Å². The molecule has 1 aromatic rings. The molecule has 0 radical (unpaired) electrons. The summed E-state index contributed by atoms with van der Waals surface area (Å²) < 4.78 is 25.0. The van der Waals surface area contributed by atoms with Crippen LogP contribution in [0.3, 0.4) is 0 Å². The fourth-order valence-electron chi connectivity index (χ4n) is 1.58. The van der Waals surface area contributed by atoms with Gasteiger partial charge in [0.15, 0.2) is 0 Å². The van der Waals surface area contributed by atoms with Gasteiger partial charge in [0.1, 0.15) is 0 Å². The third-order valence-corrected chi connectivity index (χ3v) is 4.54. The first-order valence-corrected chi connectivity index (χ1v) is 8.37. The highest BCUT2D eigenvalue weighted by molar-refractivity contribution is 9.10. The van der Waals surface area contributed by atoms with E-state index in [-0.39, 0.29) is 18.5 Å². The summed E-state index contributed by atoms with van der Waals surface area (Å²) in [7, 11) is -3.40. The molecule has 0 fully saturated rings. The number of amides is 1. The lowest BCUT2D eigenvalue weighted by molar-refractivity contribution is -0.116. The van der Waals surface area contributed by atoms with Crippen LogP contribution < -0.4 is 5.32 Å². The standard InChI is InChI=1S/C12H17BrN2O3S/c1-9(2)15(19(3,17)18)8-12(16)14-11-7-5-4-6-10(11)13/h4-7,9H,8H2,1-3H3,(H,14,16). The molecule has 0 unspecified atom stereocenters. The summed E-state index contributed by atoms with van der Waals surface area (Å²) in [5, 5.41) is 2.68. The number of halogens is 1. The second kappa shape index (κ2) is 6.49. The lowest BCUT2D eigenvalue weighted by atomic mass is 10.3. The summed E-state index contributed by atoms with van der Waals surface area (Å²) in [4.78, 5) is 11.9. The second-order valence-corrected chi connectivity index (χ2v) is 7.22. The van der Waals surface area contributed by atoms with Crippen LogP contribution in [0, 0.1) is 0 Å². The Hall–Kier alpha value is -0.920. The van der Waals surface area contributed by atoms with Crippen LogP contribution in [0.2, 0.25) is 0 Å². The molecule has 0 aliphatic heterocycles. The van der Waals surface area contributed by atoms with Gasteiger partial charge in [-0.3, -0.25) is 4.79 Å². The maximum absolute atomic E-state index is 11.9. The maximum atomic E-state index is 11.9. The number of benzene rings is 1. The Morgan fingerprint density at radius 2 is 1.95 bits per heavy atom. The molecule has 0 aliphatic carbocycles. The molecule has 0 aliphatic rings. The second-order valence-electron chi connectivity index (χ2n) is 4.43. The van der Waals surface area contributed by atoms with Crippen LogP contribution in [-0.2, 0) is 14.8 Å². The van der Waals surface area contributed by atoms with Gasteiger partial charge in [-0.2, -0.15) is 4.31 Å². The maximum Gasteiger partial charge on any atom is 0.239 e. The Morgan fingerprint density at radius 1 is 1.37 bits per heavy atom. The van der Waals surface area contributed by atoms with Crippen molar-refractivity contribution in [3.63, 3.8) is 0 Å². The van der Waals surface area contributed by atoms with Gasteiger partial charge >= 0.3 is 0 Å². The predicted molar refractivity (Wildman–Crippen MR) is 79.5 cm³/mol. The summed E-state index contributed by atoms with van der Waals surface area (Å²) in [5.41, 5.74) is 0.615. The van der Waals surface area contributed by atoms with Gasteiger partial charge in [-0.05, 0) is 41.9 Å². The SMILES string of the molecule is CC(C)N(CC(=O)Nc1ccccc1Br)S(C)(=O)=O. The first-order valence-electron chi connectivity index (χ1n) is 5.73. The van der Waals surface area contributed by atoms with Gasteiger partial charge < -0.3 is 5.32 Å². The van der Waals surface area contributed by atoms with Crippen molar-refractivity contribution in [3.05, 3.63) is 28.7 Å². The van der Waals surface area contributed by atoms with Crippen molar-refractivity contribution in [2.75, 3.05) is 18.1 Å². The Morgan fingerprint density at radius 3 is 2.42 bits per heavy atom. The largest absolute Gasteiger partial charge is 0.324 e. The molecule has 0 saturated carbocycles. The zero-order valence-corrected chi connectivity index (χ0v) is 13.5. The fraction of sp³-hybridized carbons (Fsp3) is 0.417. The van der Waals surface area contributed by atoms with Crippen molar-refractivity contribution in [2.45, 2.75) is 19.9 Å². The smallest absolute Gasteiger partial charge is 0.239 e. The first kappa shape index (κ1) is 16.1. The number of nitrogens with one attached hydrogen (secondary N) is 1. The van der Waals surface area contributed by atoms with E-state index >= 15 is 0 Å². The number of hydrogen-bond acceptors (Lipinski definition) is 3. The number of anilines is 1. The minimum absolute atomic E-state index is 0.197. The van der Waals surface area contributed by atoms with Gasteiger partial charge in [0.25, 0.3) is 0 Å². The van der Waals surface area contributed by atoms with Crippen LogP contribution in [0.25, 0.3) is 0 Å². The Labute approximate surface area is 122 Å². The first-order chi connectivity index (χ1) is 8.71. The number of hydrogen-bond donors (Lipinski definition) is 1. The van der Waals surface area contributed by atoms with Gasteiger partial charge in [0.05, 0.1) is 18.5 Å². The third kappa shape index (κ3) is 4.93. The average molecular weight is 349 g/mol. The number of rotatable bonds is 5. The highest BCUT2D eigenvalue weighted by Gasteiger charge is 2.23. The van der Waals surface area contributed by atoms with E-state index in [2.05, 4.69) is 21.2 Å². The van der Waals surface area contributed by atoms with Crippen LogP contribution in [0.5, 0.6) is 0 Å². The molecule has 0 heterocycles. The van der Waals surface area contributed by atoms with Crippen LogP contribution in [0.4, 0.5) is 5.69 Å². The van der Waals surface area contributed by atoms with Gasteiger partial charge in [0, 0.05) is 10.5 Å². The van der Waals surface area contributed by atoms with Gasteiger partial charge in [-0.1, -0.05) is 12.1 Å². The molecule has 7 heteroatoms. The van der Waals surface area contributed by atoms with E-state index in [1.54, 1.807) is 32.0 Å². The molecular formula is C12H17BrN2O3S. The fourth-order valence-corrected chi connectivity index (χ4v) is 3.08. The summed E-state index contributed by atoms with van der Waals surface area (Å²) in [5.74, 6) is -0.369. The van der Waals surface area contributed by atoms with Gasteiger partial charge in [-0.15, -0.1) is 0 Å². The number of carbonyl (C=O) groups excluding carboxylic acids is 1. The molecule has 1 aromatic carbocycles. The predicted octanol–water partition coefficient (Wildman–Crippen LogP) is 2.06. The van der Waals surface area contributed by atoms with E-state index < -0.39 is 10.0 Å². The monoisotopic (exact) mass is 348 g/mol. The van der Waals surface area contributed by atoms with E-state index in [1.165, 1.54) is 0 Å². The lowest BCUT2D eigenvalue weighted by Gasteiger charge is -2.23. The third-order valence-electron chi connectivity index (χ3n) is 2.45. The van der Waals surface area contributed by atoms with Crippen LogP contribution >= 0.6 is 15.9 Å². The van der Waals surface area contributed by atoms with Crippen molar-refractivity contribution in [1.82, 2.24) is 4.31 Å². The Bertz CT molecular complexity index is 558. The van der Waals surface area contributed by atoms with Gasteiger partial charge in [-0.25, -0.2) is 8.42 Å². The van der Waals surface area contributed by atoms with E-state index in [4.69, 9.17) is 0 Å². The molecule has 19 heavy (non-hydrogen) atoms. The van der Waals surface area contributed by atoms with Crippen molar-refractivity contribution >= 4 is 37.5 Å². The molecule has 0 spiro atoms. The summed E-state index contributed by atoms with van der Waals surface area (Å²) in [6, 6.07) is 6.89. The average Bonchev–Trinajstić information content (AvgIpc) is 2.27. The molecule has 0 saturated heterocycles. The summed E-state index contributed by atoms with van der Waals surface area (Å²) in [6.45, 7) is 3.26. The lowest BCUT2D eigenvalue weighted by Crippen LogP contribution is -2.41. The Kier molecular flexibility index (Phi) is 5.51. The van der Waals surface area contributed by atoms with Crippen LogP contribution in [0.15, 0.2) is 28.7 Å². The van der Waals surface area contributed by atoms with E-state index in [9.17, 15) is 13.2 Å². The van der Waals surface area contributed by atoms with Crippen molar-refractivity contribution < 1.29 is 13.2 Å². The number of nitrogens with zero attached hydrogens (tertiary/aromatic N) is 1. The molecule has 1 N–H and O–H groups in total. The molecule has 5 nitrogen and oxygen atoms in total. The van der Waals surface area contributed by atoms with Crippen molar-refractivity contribution in [3.8, 4) is 0 Å². The van der Waals surface area contributed by atoms with Gasteiger partial charge in [0.2, 0.25) is 15.9 Å². The highest BCUT2D eigenvalue weighted by atomic mass is 79.9. The molecule has 0 atom stereocenters. The molecule has 1 rings (SSSR count). The quantitative estimate of drug-likeness (QED) is 0.885. The minimum Gasteiger partial charge on any atom is -0.324 e. The zero-order chi connectivity index (χ0) is 14.6. The zero-order valence-electron chi connectivity index (χ0n) is 11.1. The van der Waals surface area contributed by atoms with E-state index in [0.717, 1.165) is 15.0 Å². The normalized spacial score (nSPS) is 11.9. The van der Waals surface area contributed by atoms with Crippen LogP contribution in [0.1, 0.15) is 13.8 Å². The minimum atomic E-state index is -3.40. The Balaban J connectivity index is 2.77. The molecule has 1 amide bonds. The van der Waals surface area contributed by atoms with E-state index in [0.29, 0.717) is 5.69 Å².